The third-order valence-corrected chi connectivity index (χ3v) is 5.20. The Kier molecular flexibility index (Phi) is 6.50. The molecule has 7 nitrogen and oxygen atoms in total. The molecule has 2 aromatic heterocycles. The van der Waals surface area contributed by atoms with Crippen molar-refractivity contribution in [1.82, 2.24) is 10.2 Å². The first kappa shape index (κ1) is 18.3. The number of thioether (sulfide) groups is 1. The smallest absolute Gasteiger partial charge is 0.234 e. The Balaban J connectivity index is 1.47. The summed E-state index contributed by atoms with van der Waals surface area (Å²) in [4.78, 5) is 12.2. The number of hydrogen-bond acceptors (Lipinski definition) is 8. The van der Waals surface area contributed by atoms with Gasteiger partial charge in [-0.25, -0.2) is 0 Å². The monoisotopic (exact) mass is 390 g/mol. The Labute approximate surface area is 159 Å². The number of ether oxygens (including phenoxy) is 1. The maximum absolute atomic E-state index is 12.2. The average molecular weight is 390 g/mol. The van der Waals surface area contributed by atoms with E-state index in [0.29, 0.717) is 29.7 Å². The van der Waals surface area contributed by atoms with Gasteiger partial charge in [0.15, 0.2) is 4.34 Å². The number of nitrogens with one attached hydrogen (secondary N) is 2. The maximum atomic E-state index is 12.2. The molecule has 136 valence electrons. The van der Waals surface area contributed by atoms with Crippen molar-refractivity contribution in [1.29, 1.82) is 0 Å². The predicted octanol–water partition coefficient (Wildman–Crippen LogP) is 3.87. The lowest BCUT2D eigenvalue weighted by molar-refractivity contribution is -0.113. The highest BCUT2D eigenvalue weighted by atomic mass is 32.2. The molecule has 0 aliphatic carbocycles. The van der Waals surface area contributed by atoms with Crippen LogP contribution in [0.15, 0.2) is 51.4 Å². The first-order chi connectivity index (χ1) is 12.7. The third kappa shape index (κ3) is 5.24. The largest absolute Gasteiger partial charge is 0.492 e. The molecule has 0 unspecified atom stereocenters. The van der Waals surface area contributed by atoms with Gasteiger partial charge in [-0.15, -0.1) is 10.2 Å². The Morgan fingerprint density at radius 3 is 2.96 bits per heavy atom. The van der Waals surface area contributed by atoms with Gasteiger partial charge in [0.2, 0.25) is 11.0 Å². The van der Waals surface area contributed by atoms with Gasteiger partial charge >= 0.3 is 0 Å². The number of benzene rings is 1. The van der Waals surface area contributed by atoms with Gasteiger partial charge in [0.25, 0.3) is 0 Å². The van der Waals surface area contributed by atoms with Crippen molar-refractivity contribution in [2.24, 2.45) is 0 Å². The first-order valence-electron chi connectivity index (χ1n) is 7.99. The third-order valence-electron chi connectivity index (χ3n) is 3.19. The number of para-hydroxylation sites is 2. The number of hydrogen-bond donors (Lipinski definition) is 2. The fourth-order valence-corrected chi connectivity index (χ4v) is 3.63. The molecule has 9 heteroatoms. The molecule has 0 saturated carbocycles. The van der Waals surface area contributed by atoms with Gasteiger partial charge < -0.3 is 19.8 Å². The molecule has 2 heterocycles. The summed E-state index contributed by atoms with van der Waals surface area (Å²) in [6.45, 7) is 2.99. The van der Waals surface area contributed by atoms with E-state index in [0.717, 1.165) is 10.1 Å². The summed E-state index contributed by atoms with van der Waals surface area (Å²) in [7, 11) is 0. The minimum Gasteiger partial charge on any atom is -0.492 e. The summed E-state index contributed by atoms with van der Waals surface area (Å²) >= 11 is 2.74. The van der Waals surface area contributed by atoms with Gasteiger partial charge in [-0.3, -0.25) is 4.79 Å². The standard InChI is InChI=1S/C17H18N4O3S2/c1-2-23-14-8-4-3-7-13(14)19-15(22)11-25-17-21-20-16(26-17)18-10-12-6-5-9-24-12/h3-9H,2,10-11H2,1H3,(H,18,20)(H,19,22). The van der Waals surface area contributed by atoms with E-state index < -0.39 is 0 Å². The van der Waals surface area contributed by atoms with Crippen LogP contribution in [-0.2, 0) is 11.3 Å². The normalized spacial score (nSPS) is 10.5. The molecular weight excluding hydrogens is 372 g/mol. The SMILES string of the molecule is CCOc1ccccc1NC(=O)CSc1nnc(NCc2ccco2)s1. The lowest BCUT2D eigenvalue weighted by atomic mass is 10.3. The van der Waals surface area contributed by atoms with Crippen LogP contribution in [-0.4, -0.2) is 28.5 Å². The second kappa shape index (κ2) is 9.25. The van der Waals surface area contributed by atoms with Crippen LogP contribution in [0.25, 0.3) is 0 Å². The molecule has 2 N–H and O–H groups in total. The fourth-order valence-electron chi connectivity index (χ4n) is 2.08. The molecular formula is C17H18N4O3S2. The summed E-state index contributed by atoms with van der Waals surface area (Å²) in [5.74, 6) is 1.60. The number of carbonyl (C=O) groups is 1. The van der Waals surface area contributed by atoms with Gasteiger partial charge in [-0.05, 0) is 31.2 Å². The molecule has 3 aromatic rings. The highest BCUT2D eigenvalue weighted by Gasteiger charge is 2.11. The second-order valence-electron chi connectivity index (χ2n) is 5.07. The lowest BCUT2D eigenvalue weighted by Crippen LogP contribution is -2.14. The number of aromatic nitrogens is 2. The van der Waals surface area contributed by atoms with Crippen molar-refractivity contribution in [3.8, 4) is 5.75 Å². The number of rotatable bonds is 9. The van der Waals surface area contributed by atoms with Gasteiger partial charge in [-0.1, -0.05) is 35.2 Å². The van der Waals surface area contributed by atoms with Gasteiger partial charge in [-0.2, -0.15) is 0 Å². The van der Waals surface area contributed by atoms with Crippen molar-refractivity contribution in [2.75, 3.05) is 23.0 Å². The maximum Gasteiger partial charge on any atom is 0.234 e. The fraction of sp³-hybridized carbons (Fsp3) is 0.235. The molecule has 0 bridgehead atoms. The van der Waals surface area contributed by atoms with Gasteiger partial charge in [0.05, 0.1) is 30.9 Å². The molecule has 0 aliphatic heterocycles. The summed E-state index contributed by atoms with van der Waals surface area (Å²) in [5.41, 5.74) is 0.665. The molecule has 1 aromatic carbocycles. The zero-order chi connectivity index (χ0) is 18.2. The minimum atomic E-state index is -0.123. The van der Waals surface area contributed by atoms with Crippen LogP contribution in [0.1, 0.15) is 12.7 Å². The number of carbonyl (C=O) groups excluding carboxylic acids is 1. The zero-order valence-corrected chi connectivity index (χ0v) is 15.7. The number of amides is 1. The van der Waals surface area contributed by atoms with Crippen LogP contribution in [0.4, 0.5) is 10.8 Å². The minimum absolute atomic E-state index is 0.123. The van der Waals surface area contributed by atoms with E-state index in [1.807, 2.05) is 43.3 Å². The Morgan fingerprint density at radius 1 is 1.27 bits per heavy atom. The van der Waals surface area contributed by atoms with Crippen molar-refractivity contribution in [2.45, 2.75) is 17.8 Å². The first-order valence-corrected chi connectivity index (χ1v) is 9.79. The lowest BCUT2D eigenvalue weighted by Gasteiger charge is -2.10. The molecule has 1 amide bonds. The van der Waals surface area contributed by atoms with Crippen LogP contribution >= 0.6 is 23.1 Å². The molecule has 0 radical (unpaired) electrons. The van der Waals surface area contributed by atoms with E-state index in [2.05, 4.69) is 20.8 Å². The quantitative estimate of drug-likeness (QED) is 0.536. The number of nitrogens with zero attached hydrogens (tertiary/aromatic N) is 2. The number of furan rings is 1. The van der Waals surface area contributed by atoms with E-state index in [4.69, 9.17) is 9.15 Å². The summed E-state index contributed by atoms with van der Waals surface area (Å²) in [6, 6.07) is 11.1. The van der Waals surface area contributed by atoms with Crippen LogP contribution in [0.5, 0.6) is 5.75 Å². The number of anilines is 2. The molecule has 0 spiro atoms. The van der Waals surface area contributed by atoms with Gasteiger partial charge in [0, 0.05) is 0 Å². The Morgan fingerprint density at radius 2 is 2.15 bits per heavy atom. The highest BCUT2D eigenvalue weighted by Crippen LogP contribution is 2.27. The van der Waals surface area contributed by atoms with Crippen molar-refractivity contribution < 1.29 is 13.9 Å². The van der Waals surface area contributed by atoms with Crippen molar-refractivity contribution in [3.63, 3.8) is 0 Å². The molecule has 3 rings (SSSR count). The van der Waals surface area contributed by atoms with Crippen molar-refractivity contribution >= 4 is 39.8 Å². The Hall–Kier alpha value is -2.52. The van der Waals surface area contributed by atoms with Crippen LogP contribution in [0.2, 0.25) is 0 Å². The average Bonchev–Trinajstić information content (AvgIpc) is 3.32. The predicted molar refractivity (Wildman–Crippen MR) is 103 cm³/mol. The van der Waals surface area contributed by atoms with E-state index in [1.165, 1.54) is 23.1 Å². The summed E-state index contributed by atoms with van der Waals surface area (Å²) < 4.78 is 11.5. The molecule has 26 heavy (non-hydrogen) atoms. The molecule has 0 saturated heterocycles. The van der Waals surface area contributed by atoms with E-state index >= 15 is 0 Å². The summed E-state index contributed by atoms with van der Waals surface area (Å²) in [6.07, 6.45) is 1.63. The van der Waals surface area contributed by atoms with Crippen molar-refractivity contribution in [3.05, 3.63) is 48.4 Å². The van der Waals surface area contributed by atoms with E-state index in [1.54, 1.807) is 6.26 Å². The van der Waals surface area contributed by atoms with Crippen LogP contribution < -0.4 is 15.4 Å². The van der Waals surface area contributed by atoms with Crippen LogP contribution in [0, 0.1) is 0 Å². The Bertz CT molecular complexity index is 836. The van der Waals surface area contributed by atoms with Crippen LogP contribution in [0.3, 0.4) is 0 Å². The summed E-state index contributed by atoms with van der Waals surface area (Å²) in [5, 5.41) is 14.8. The molecule has 0 aliphatic rings. The topological polar surface area (TPSA) is 89.3 Å². The van der Waals surface area contributed by atoms with E-state index in [-0.39, 0.29) is 11.7 Å². The van der Waals surface area contributed by atoms with E-state index in [9.17, 15) is 4.79 Å². The second-order valence-corrected chi connectivity index (χ2v) is 7.27. The molecule has 0 fully saturated rings. The zero-order valence-electron chi connectivity index (χ0n) is 14.1. The van der Waals surface area contributed by atoms with Gasteiger partial charge in [0.1, 0.15) is 11.5 Å². The molecule has 0 atom stereocenters. The highest BCUT2D eigenvalue weighted by molar-refractivity contribution is 8.01.